The largest absolute Gasteiger partial charge is 0.441 e. The zero-order chi connectivity index (χ0) is 19.8. The molecule has 0 radical (unpaired) electrons. The van der Waals surface area contributed by atoms with E-state index in [0.29, 0.717) is 12.3 Å². The fraction of sp³-hybridized carbons (Fsp3) is 0.545. The number of benzene rings is 1. The van der Waals surface area contributed by atoms with Gasteiger partial charge in [-0.15, -0.1) is 0 Å². The third-order valence-corrected chi connectivity index (χ3v) is 5.09. The molecule has 6 nitrogen and oxygen atoms in total. The molecule has 0 atom stereocenters. The molecule has 3 rings (SSSR count). The van der Waals surface area contributed by atoms with Crippen LogP contribution in [0.3, 0.4) is 0 Å². The van der Waals surface area contributed by atoms with Crippen molar-refractivity contribution in [2.75, 3.05) is 39.4 Å². The molecule has 152 valence electrons. The Morgan fingerprint density at radius 1 is 1.14 bits per heavy atom. The minimum absolute atomic E-state index is 0.113. The van der Waals surface area contributed by atoms with Crippen LogP contribution in [0.4, 0.5) is 0 Å². The lowest BCUT2D eigenvalue weighted by atomic mass is 10.1. The second-order valence-electron chi connectivity index (χ2n) is 7.40. The molecule has 0 unspecified atom stereocenters. The fourth-order valence-corrected chi connectivity index (χ4v) is 3.34. The minimum atomic E-state index is 0.113. The van der Waals surface area contributed by atoms with Crippen molar-refractivity contribution in [1.29, 1.82) is 0 Å². The summed E-state index contributed by atoms with van der Waals surface area (Å²) >= 11 is 0. The number of oxazole rings is 1. The van der Waals surface area contributed by atoms with Crippen molar-refractivity contribution in [3.63, 3.8) is 0 Å². The normalized spacial score (nSPS) is 14.9. The summed E-state index contributed by atoms with van der Waals surface area (Å²) in [5.41, 5.74) is 3.14. The summed E-state index contributed by atoms with van der Waals surface area (Å²) in [5, 5.41) is 3.02. The summed E-state index contributed by atoms with van der Waals surface area (Å²) in [6.07, 6.45) is 3.02. The van der Waals surface area contributed by atoms with Gasteiger partial charge in [0, 0.05) is 31.6 Å². The number of carbonyl (C=O) groups excluding carboxylic acids is 1. The average molecular weight is 386 g/mol. The number of aryl methyl sites for hydroxylation is 3. The Bertz CT molecular complexity index is 749. The van der Waals surface area contributed by atoms with Gasteiger partial charge in [0.15, 0.2) is 0 Å². The Labute approximate surface area is 167 Å². The molecule has 0 bridgehead atoms. The zero-order valence-electron chi connectivity index (χ0n) is 17.0. The van der Waals surface area contributed by atoms with Crippen LogP contribution in [0.1, 0.15) is 36.3 Å². The van der Waals surface area contributed by atoms with Crippen LogP contribution >= 0.6 is 0 Å². The fourth-order valence-electron chi connectivity index (χ4n) is 3.34. The van der Waals surface area contributed by atoms with E-state index in [1.807, 2.05) is 19.1 Å². The second kappa shape index (κ2) is 10.4. The van der Waals surface area contributed by atoms with Crippen molar-refractivity contribution in [1.82, 2.24) is 15.2 Å². The number of carbonyl (C=O) groups is 1. The highest BCUT2D eigenvalue weighted by Gasteiger charge is 2.12. The Morgan fingerprint density at radius 2 is 1.89 bits per heavy atom. The van der Waals surface area contributed by atoms with Crippen molar-refractivity contribution in [3.8, 4) is 11.5 Å². The lowest BCUT2D eigenvalue weighted by Gasteiger charge is -2.26. The van der Waals surface area contributed by atoms with E-state index >= 15 is 0 Å². The molecular formula is C22H31N3O3. The van der Waals surface area contributed by atoms with Crippen LogP contribution in [0.15, 0.2) is 28.7 Å². The lowest BCUT2D eigenvalue weighted by molar-refractivity contribution is -0.121. The predicted molar refractivity (Wildman–Crippen MR) is 109 cm³/mol. The van der Waals surface area contributed by atoms with Crippen LogP contribution < -0.4 is 5.32 Å². The first kappa shape index (κ1) is 20.6. The highest BCUT2D eigenvalue weighted by Crippen LogP contribution is 2.23. The predicted octanol–water partition coefficient (Wildman–Crippen LogP) is 3.12. The molecule has 1 fully saturated rings. The lowest BCUT2D eigenvalue weighted by Crippen LogP contribution is -2.38. The van der Waals surface area contributed by atoms with Crippen LogP contribution in [-0.4, -0.2) is 55.2 Å². The summed E-state index contributed by atoms with van der Waals surface area (Å²) in [5.74, 6) is 1.60. The third kappa shape index (κ3) is 6.17. The van der Waals surface area contributed by atoms with Gasteiger partial charge in [-0.3, -0.25) is 9.69 Å². The number of amides is 1. The molecule has 1 aliphatic heterocycles. The molecule has 1 saturated heterocycles. The van der Waals surface area contributed by atoms with Gasteiger partial charge in [0.25, 0.3) is 0 Å². The summed E-state index contributed by atoms with van der Waals surface area (Å²) in [4.78, 5) is 19.0. The summed E-state index contributed by atoms with van der Waals surface area (Å²) in [7, 11) is 0. The van der Waals surface area contributed by atoms with Crippen LogP contribution in [0, 0.1) is 13.8 Å². The highest BCUT2D eigenvalue weighted by molar-refractivity contribution is 5.75. The van der Waals surface area contributed by atoms with Crippen LogP contribution in [-0.2, 0) is 16.0 Å². The number of morpholine rings is 1. The average Bonchev–Trinajstić information content (AvgIpc) is 3.07. The summed E-state index contributed by atoms with van der Waals surface area (Å²) in [6, 6.07) is 8.15. The third-order valence-electron chi connectivity index (χ3n) is 5.09. The highest BCUT2D eigenvalue weighted by atomic mass is 16.5. The Balaban J connectivity index is 1.35. The standard InChI is InChI=1S/C22H31N3O3/c1-17-7-9-19(10-8-17)22-24-20(18(2)28-22)5-3-6-21(26)23-11-4-12-25-13-15-27-16-14-25/h7-10H,3-6,11-16H2,1-2H3,(H,23,26). The maximum atomic E-state index is 12.0. The number of ether oxygens (including phenoxy) is 1. The number of nitrogens with zero attached hydrogens (tertiary/aromatic N) is 2. The molecule has 1 aromatic carbocycles. The smallest absolute Gasteiger partial charge is 0.226 e. The molecule has 1 N–H and O–H groups in total. The first-order chi connectivity index (χ1) is 13.6. The molecule has 1 aliphatic rings. The van der Waals surface area contributed by atoms with E-state index in [1.54, 1.807) is 0 Å². The number of nitrogens with one attached hydrogen (secondary N) is 1. The maximum absolute atomic E-state index is 12.0. The van der Waals surface area contributed by atoms with Crippen LogP contribution in [0.25, 0.3) is 11.5 Å². The molecule has 0 aliphatic carbocycles. The Hall–Kier alpha value is -2.18. The zero-order valence-corrected chi connectivity index (χ0v) is 17.0. The SMILES string of the molecule is Cc1ccc(-c2nc(CCCC(=O)NCCCN3CCOCC3)c(C)o2)cc1. The van der Waals surface area contributed by atoms with Gasteiger partial charge in [0.1, 0.15) is 5.76 Å². The quantitative estimate of drug-likeness (QED) is 0.672. The number of rotatable bonds is 9. The topological polar surface area (TPSA) is 67.6 Å². The van der Waals surface area contributed by atoms with Gasteiger partial charge in [-0.25, -0.2) is 4.98 Å². The first-order valence-corrected chi connectivity index (χ1v) is 10.2. The molecule has 28 heavy (non-hydrogen) atoms. The van der Waals surface area contributed by atoms with Gasteiger partial charge in [-0.1, -0.05) is 17.7 Å². The van der Waals surface area contributed by atoms with Crippen molar-refractivity contribution < 1.29 is 13.9 Å². The number of aromatic nitrogens is 1. The molecule has 0 saturated carbocycles. The molecule has 2 aromatic rings. The summed E-state index contributed by atoms with van der Waals surface area (Å²) in [6.45, 7) is 9.37. The van der Waals surface area contributed by atoms with E-state index < -0.39 is 0 Å². The van der Waals surface area contributed by atoms with E-state index in [1.165, 1.54) is 5.56 Å². The molecule has 0 spiro atoms. The van der Waals surface area contributed by atoms with E-state index in [9.17, 15) is 4.79 Å². The van der Waals surface area contributed by atoms with E-state index in [0.717, 1.165) is 75.7 Å². The second-order valence-corrected chi connectivity index (χ2v) is 7.40. The minimum Gasteiger partial charge on any atom is -0.441 e. The first-order valence-electron chi connectivity index (χ1n) is 10.2. The van der Waals surface area contributed by atoms with Crippen molar-refractivity contribution in [3.05, 3.63) is 41.3 Å². The van der Waals surface area contributed by atoms with Crippen molar-refractivity contribution >= 4 is 5.91 Å². The Morgan fingerprint density at radius 3 is 2.64 bits per heavy atom. The van der Waals surface area contributed by atoms with Gasteiger partial charge in [0.2, 0.25) is 11.8 Å². The van der Waals surface area contributed by atoms with E-state index in [-0.39, 0.29) is 5.91 Å². The molecule has 1 aromatic heterocycles. The number of hydrogen-bond acceptors (Lipinski definition) is 5. The van der Waals surface area contributed by atoms with Crippen LogP contribution in [0.5, 0.6) is 0 Å². The molecular weight excluding hydrogens is 354 g/mol. The van der Waals surface area contributed by atoms with Gasteiger partial charge < -0.3 is 14.5 Å². The van der Waals surface area contributed by atoms with Gasteiger partial charge in [0.05, 0.1) is 18.9 Å². The van der Waals surface area contributed by atoms with E-state index in [4.69, 9.17) is 9.15 Å². The number of hydrogen-bond donors (Lipinski definition) is 1. The molecule has 1 amide bonds. The maximum Gasteiger partial charge on any atom is 0.226 e. The van der Waals surface area contributed by atoms with Crippen LogP contribution in [0.2, 0.25) is 0 Å². The van der Waals surface area contributed by atoms with Gasteiger partial charge >= 0.3 is 0 Å². The molecule has 6 heteroatoms. The monoisotopic (exact) mass is 385 g/mol. The van der Waals surface area contributed by atoms with Gasteiger partial charge in [-0.05, 0) is 51.8 Å². The van der Waals surface area contributed by atoms with E-state index in [2.05, 4.69) is 34.3 Å². The van der Waals surface area contributed by atoms with Crippen molar-refractivity contribution in [2.45, 2.75) is 39.5 Å². The Kier molecular flexibility index (Phi) is 7.62. The summed E-state index contributed by atoms with van der Waals surface area (Å²) < 4.78 is 11.2. The molecule has 2 heterocycles. The van der Waals surface area contributed by atoms with Gasteiger partial charge in [-0.2, -0.15) is 0 Å². The van der Waals surface area contributed by atoms with Crippen molar-refractivity contribution in [2.24, 2.45) is 0 Å².